The number of aromatic hydroxyl groups is 1. The Labute approximate surface area is 259 Å². The number of carbonyl (C=O) groups excluding carboxylic acids is 2. The Morgan fingerprint density at radius 3 is 2.52 bits per heavy atom. The maximum Gasteiger partial charge on any atom is 0.410 e. The summed E-state index contributed by atoms with van der Waals surface area (Å²) in [6.45, 7) is 12.0. The largest absolute Gasteiger partial charge is 0.507 e. The molecule has 1 spiro atoms. The van der Waals surface area contributed by atoms with Gasteiger partial charge in [-0.25, -0.2) is 9.59 Å². The highest BCUT2D eigenvalue weighted by atomic mass is 16.6. The summed E-state index contributed by atoms with van der Waals surface area (Å²) < 4.78 is 17.7. The van der Waals surface area contributed by atoms with E-state index in [2.05, 4.69) is 10.2 Å². The Morgan fingerprint density at radius 1 is 1.16 bits per heavy atom. The number of aliphatic carboxylic acids is 1. The fraction of sp³-hybridized carbons (Fsp3) is 0.719. The first-order valence-electron chi connectivity index (χ1n) is 15.6. The zero-order valence-corrected chi connectivity index (χ0v) is 26.7. The predicted molar refractivity (Wildman–Crippen MR) is 162 cm³/mol. The van der Waals surface area contributed by atoms with Crippen molar-refractivity contribution in [3.8, 4) is 5.75 Å². The zero-order valence-electron chi connectivity index (χ0n) is 26.7. The van der Waals surface area contributed by atoms with Crippen molar-refractivity contribution in [1.82, 2.24) is 15.1 Å². The molecule has 4 rings (SSSR count). The van der Waals surface area contributed by atoms with E-state index in [-0.39, 0.29) is 37.1 Å². The molecular formula is C32H49N3O9. The molecule has 4 N–H and O–H groups in total. The molecule has 3 heterocycles. The maximum atomic E-state index is 12.8. The number of carboxylic acids is 1. The first-order chi connectivity index (χ1) is 20.6. The second-order valence-electron chi connectivity index (χ2n) is 13.7. The Bertz CT molecular complexity index is 1190. The van der Waals surface area contributed by atoms with E-state index in [0.717, 1.165) is 0 Å². The average Bonchev–Trinajstić information content (AvgIpc) is 3.37. The van der Waals surface area contributed by atoms with Crippen molar-refractivity contribution in [2.24, 2.45) is 0 Å². The molecule has 44 heavy (non-hydrogen) atoms. The van der Waals surface area contributed by atoms with Crippen molar-refractivity contribution in [1.29, 1.82) is 0 Å². The summed E-state index contributed by atoms with van der Waals surface area (Å²) in [5.74, 6) is -1.24. The molecular weight excluding hydrogens is 570 g/mol. The van der Waals surface area contributed by atoms with Crippen LogP contribution >= 0.6 is 0 Å². The van der Waals surface area contributed by atoms with Crippen LogP contribution in [0.4, 0.5) is 4.79 Å². The van der Waals surface area contributed by atoms with Crippen LogP contribution in [0.1, 0.15) is 80.8 Å². The molecule has 3 fully saturated rings. The number of carbonyl (C=O) groups is 3. The summed E-state index contributed by atoms with van der Waals surface area (Å²) in [4.78, 5) is 42.0. The molecule has 3 saturated heterocycles. The summed E-state index contributed by atoms with van der Waals surface area (Å²) in [6, 6.07) is 3.18. The molecule has 0 aromatic heterocycles. The van der Waals surface area contributed by atoms with Crippen molar-refractivity contribution >= 4 is 18.0 Å². The third-order valence-electron chi connectivity index (χ3n) is 8.99. The molecule has 0 radical (unpaired) electrons. The standard InChI is InChI=1S/C32H49N3O9/c1-21-15-23(16-22(2)26(21)37)27(38)33-18-24(36)17-25-7-6-8-32(43-25,28(39)40)10-12-35-13-14-42-20-31(35)9-11-34(19-31)29(41)44-30(3,4)5/h15-16,24-25,36-37H,6-14,17-20H2,1-5H3,(H,33,38)(H,39,40)/t24-,25+,31-,32-/m0/s1. The van der Waals surface area contributed by atoms with Gasteiger partial charge in [0.05, 0.1) is 31.0 Å². The number of aliphatic hydroxyl groups is 1. The first-order valence-corrected chi connectivity index (χ1v) is 15.6. The quantitative estimate of drug-likeness (QED) is 0.324. The molecule has 246 valence electrons. The fourth-order valence-electron chi connectivity index (χ4n) is 6.60. The number of amides is 2. The van der Waals surface area contributed by atoms with E-state index in [1.54, 1.807) is 30.9 Å². The van der Waals surface area contributed by atoms with Gasteiger partial charge in [-0.2, -0.15) is 0 Å². The van der Waals surface area contributed by atoms with Crippen LogP contribution in [0.2, 0.25) is 0 Å². The first kappa shape index (κ1) is 34.0. The van der Waals surface area contributed by atoms with Crippen molar-refractivity contribution < 1.29 is 43.9 Å². The molecule has 2 amide bonds. The number of hydrogen-bond donors (Lipinski definition) is 4. The van der Waals surface area contributed by atoms with Gasteiger partial charge in [-0.05, 0) is 90.0 Å². The van der Waals surface area contributed by atoms with Gasteiger partial charge in [-0.1, -0.05) is 0 Å². The molecule has 3 aliphatic rings. The monoisotopic (exact) mass is 619 g/mol. The number of phenolic OH excluding ortho intramolecular Hbond substituents is 1. The minimum atomic E-state index is -1.39. The number of phenols is 1. The highest BCUT2D eigenvalue weighted by Gasteiger charge is 2.50. The maximum absolute atomic E-state index is 12.8. The molecule has 0 saturated carbocycles. The minimum Gasteiger partial charge on any atom is -0.507 e. The van der Waals surface area contributed by atoms with Gasteiger partial charge in [-0.3, -0.25) is 9.69 Å². The van der Waals surface area contributed by atoms with Crippen LogP contribution in [-0.2, 0) is 19.0 Å². The SMILES string of the molecule is Cc1cc(C(=O)NC[C@@H](O)C[C@H]2CCC[C@](CCN3CCOC[C@@]34CCN(C(=O)OC(C)(C)C)C4)(C(=O)O)O2)cc(C)c1O. The number of aryl methyl sites for hydroxylation is 2. The number of rotatable bonds is 9. The van der Waals surface area contributed by atoms with E-state index < -0.39 is 34.9 Å². The smallest absolute Gasteiger partial charge is 0.410 e. The van der Waals surface area contributed by atoms with Gasteiger partial charge in [-0.15, -0.1) is 0 Å². The number of likely N-dealkylation sites (tertiary alicyclic amines) is 1. The Kier molecular flexibility index (Phi) is 10.5. The van der Waals surface area contributed by atoms with E-state index in [1.165, 1.54) is 0 Å². The molecule has 0 unspecified atom stereocenters. The topological polar surface area (TPSA) is 158 Å². The summed E-state index contributed by atoms with van der Waals surface area (Å²) in [5, 5.41) is 33.8. The van der Waals surface area contributed by atoms with Gasteiger partial charge < -0.3 is 39.7 Å². The van der Waals surface area contributed by atoms with Gasteiger partial charge in [0.15, 0.2) is 5.60 Å². The molecule has 0 bridgehead atoms. The van der Waals surface area contributed by atoms with Crippen molar-refractivity contribution in [2.75, 3.05) is 45.9 Å². The second-order valence-corrected chi connectivity index (χ2v) is 13.7. The number of hydrogen-bond acceptors (Lipinski definition) is 9. The van der Waals surface area contributed by atoms with Gasteiger partial charge in [0, 0.05) is 44.7 Å². The number of carboxylic acid groups (broad SMARTS) is 1. The lowest BCUT2D eigenvalue weighted by atomic mass is 9.86. The number of morpholine rings is 1. The van der Waals surface area contributed by atoms with Crippen LogP contribution in [0.25, 0.3) is 0 Å². The molecule has 1 aromatic carbocycles. The van der Waals surface area contributed by atoms with Gasteiger partial charge in [0.1, 0.15) is 11.4 Å². The third kappa shape index (κ3) is 8.01. The van der Waals surface area contributed by atoms with Crippen LogP contribution in [-0.4, -0.2) is 118 Å². The van der Waals surface area contributed by atoms with E-state index >= 15 is 0 Å². The van der Waals surface area contributed by atoms with Gasteiger partial charge in [0.2, 0.25) is 0 Å². The molecule has 1 aromatic rings. The van der Waals surface area contributed by atoms with Crippen molar-refractivity contribution in [3.05, 3.63) is 28.8 Å². The second kappa shape index (κ2) is 13.6. The Hall–Kier alpha value is -2.93. The number of benzene rings is 1. The number of ether oxygens (including phenoxy) is 3. The number of nitrogens with zero attached hydrogens (tertiary/aromatic N) is 2. The van der Waals surface area contributed by atoms with Crippen LogP contribution in [0.15, 0.2) is 12.1 Å². The van der Waals surface area contributed by atoms with E-state index in [1.807, 2.05) is 20.8 Å². The van der Waals surface area contributed by atoms with Crippen LogP contribution in [0, 0.1) is 13.8 Å². The Balaban J connectivity index is 1.34. The lowest BCUT2D eigenvalue weighted by molar-refractivity contribution is -0.191. The summed E-state index contributed by atoms with van der Waals surface area (Å²) in [5.41, 5.74) is -0.828. The number of aliphatic hydroxyl groups excluding tert-OH is 1. The van der Waals surface area contributed by atoms with E-state index in [9.17, 15) is 29.7 Å². The molecule has 12 heteroatoms. The molecule has 4 atom stereocenters. The van der Waals surface area contributed by atoms with Crippen LogP contribution in [0.5, 0.6) is 5.75 Å². The highest BCUT2D eigenvalue weighted by Crippen LogP contribution is 2.37. The van der Waals surface area contributed by atoms with Crippen LogP contribution in [0.3, 0.4) is 0 Å². The van der Waals surface area contributed by atoms with Gasteiger partial charge in [0.25, 0.3) is 5.91 Å². The van der Waals surface area contributed by atoms with Gasteiger partial charge >= 0.3 is 12.1 Å². The predicted octanol–water partition coefficient (Wildman–Crippen LogP) is 2.98. The zero-order chi connectivity index (χ0) is 32.3. The van der Waals surface area contributed by atoms with E-state index in [4.69, 9.17) is 14.2 Å². The normalized spacial score (nSPS) is 26.9. The van der Waals surface area contributed by atoms with Crippen LogP contribution < -0.4 is 5.32 Å². The molecule has 12 nitrogen and oxygen atoms in total. The van der Waals surface area contributed by atoms with Crippen molar-refractivity contribution in [2.45, 2.75) is 102 Å². The molecule has 0 aliphatic carbocycles. The van der Waals surface area contributed by atoms with E-state index in [0.29, 0.717) is 81.8 Å². The minimum absolute atomic E-state index is 0.0117. The fourth-order valence-corrected chi connectivity index (χ4v) is 6.60. The highest BCUT2D eigenvalue weighted by molar-refractivity contribution is 5.94. The average molecular weight is 620 g/mol. The summed E-state index contributed by atoms with van der Waals surface area (Å²) >= 11 is 0. The lowest BCUT2D eigenvalue weighted by Crippen LogP contribution is -2.60. The third-order valence-corrected chi connectivity index (χ3v) is 8.99. The molecule has 3 aliphatic heterocycles. The van der Waals surface area contributed by atoms with Crippen molar-refractivity contribution in [3.63, 3.8) is 0 Å². The Morgan fingerprint density at radius 2 is 1.86 bits per heavy atom. The number of nitrogens with one attached hydrogen (secondary N) is 1. The summed E-state index contributed by atoms with van der Waals surface area (Å²) in [7, 11) is 0. The lowest BCUT2D eigenvalue weighted by Gasteiger charge is -2.46. The summed E-state index contributed by atoms with van der Waals surface area (Å²) in [6.07, 6.45) is 1.03.